The Labute approximate surface area is 159 Å². The summed E-state index contributed by atoms with van der Waals surface area (Å²) in [6.45, 7) is 3.77. The Morgan fingerprint density at radius 2 is 1.96 bits per heavy atom. The van der Waals surface area contributed by atoms with Gasteiger partial charge in [-0.2, -0.15) is 0 Å². The Balaban J connectivity index is 1.79. The third-order valence-corrected chi connectivity index (χ3v) is 8.41. The quantitative estimate of drug-likeness (QED) is 0.530. The van der Waals surface area contributed by atoms with E-state index in [0.29, 0.717) is 25.7 Å². The summed E-state index contributed by atoms with van der Waals surface area (Å²) in [5.74, 6) is -1.88. The Morgan fingerprint density at radius 3 is 2.63 bits per heavy atom. The molecule has 6 nitrogen and oxygen atoms in total. The molecule has 0 aromatic rings. The molecule has 0 bridgehead atoms. The lowest BCUT2D eigenvalue weighted by Crippen LogP contribution is -2.60. The van der Waals surface area contributed by atoms with Gasteiger partial charge in [-0.25, -0.2) is 4.79 Å². The van der Waals surface area contributed by atoms with E-state index in [0.717, 1.165) is 0 Å². The molecule has 8 atom stereocenters. The van der Waals surface area contributed by atoms with Gasteiger partial charge in [0.05, 0.1) is 19.1 Å². The van der Waals surface area contributed by atoms with E-state index in [9.17, 15) is 24.6 Å². The smallest absolute Gasteiger partial charge is 0.338 e. The van der Waals surface area contributed by atoms with Crippen LogP contribution < -0.4 is 0 Å². The molecule has 4 aliphatic rings. The molecule has 148 valence electrons. The number of allylic oxidation sites excluding steroid dienone is 2. The van der Waals surface area contributed by atoms with E-state index in [1.54, 1.807) is 0 Å². The van der Waals surface area contributed by atoms with E-state index in [-0.39, 0.29) is 35.7 Å². The number of aliphatic hydroxyl groups is 2. The van der Waals surface area contributed by atoms with Crippen molar-refractivity contribution in [1.29, 1.82) is 0 Å². The minimum absolute atomic E-state index is 0.0116. The molecule has 0 aromatic carbocycles. The van der Waals surface area contributed by atoms with Gasteiger partial charge in [-0.05, 0) is 49.5 Å². The van der Waals surface area contributed by atoms with Gasteiger partial charge in [0.1, 0.15) is 5.78 Å². The van der Waals surface area contributed by atoms with Crippen LogP contribution in [0.25, 0.3) is 0 Å². The monoisotopic (exact) mass is 376 g/mol. The molecule has 0 aliphatic heterocycles. The van der Waals surface area contributed by atoms with Gasteiger partial charge < -0.3 is 14.9 Å². The maximum atomic E-state index is 12.7. The maximum absolute atomic E-state index is 12.7. The van der Waals surface area contributed by atoms with Gasteiger partial charge in [0.2, 0.25) is 0 Å². The number of esters is 1. The molecule has 0 saturated heterocycles. The van der Waals surface area contributed by atoms with Crippen molar-refractivity contribution < 1.29 is 29.3 Å². The van der Waals surface area contributed by atoms with E-state index >= 15 is 0 Å². The van der Waals surface area contributed by atoms with Crippen molar-refractivity contribution in [2.75, 3.05) is 7.11 Å². The molecule has 0 radical (unpaired) electrons. The second kappa shape index (κ2) is 5.74. The van der Waals surface area contributed by atoms with Crippen LogP contribution in [0.1, 0.15) is 46.0 Å². The number of rotatable bonds is 1. The van der Waals surface area contributed by atoms with E-state index in [1.807, 2.05) is 19.9 Å². The van der Waals surface area contributed by atoms with Crippen LogP contribution in [-0.4, -0.2) is 46.6 Å². The highest BCUT2D eigenvalue weighted by molar-refractivity contribution is 6.10. The Morgan fingerprint density at radius 1 is 1.26 bits per heavy atom. The van der Waals surface area contributed by atoms with Crippen LogP contribution in [0.15, 0.2) is 12.2 Å². The van der Waals surface area contributed by atoms with E-state index in [2.05, 4.69) is 0 Å². The first kappa shape index (κ1) is 18.8. The highest BCUT2D eigenvalue weighted by Crippen LogP contribution is 2.66. The number of carbonyl (C=O) groups excluding carboxylic acids is 3. The zero-order chi connectivity index (χ0) is 19.8. The van der Waals surface area contributed by atoms with E-state index < -0.39 is 34.4 Å². The first-order valence-corrected chi connectivity index (χ1v) is 9.85. The normalized spacial score (nSPS) is 51.4. The van der Waals surface area contributed by atoms with Crippen LogP contribution >= 0.6 is 0 Å². The molecule has 4 rings (SSSR count). The average Bonchev–Trinajstić information content (AvgIpc) is 3.01. The van der Waals surface area contributed by atoms with Crippen LogP contribution in [0, 0.1) is 34.5 Å². The van der Waals surface area contributed by atoms with Crippen molar-refractivity contribution in [3.8, 4) is 0 Å². The number of ether oxygens (including phenoxy) is 1. The zero-order valence-corrected chi connectivity index (χ0v) is 16.1. The first-order chi connectivity index (χ1) is 12.6. The number of ketones is 2. The third kappa shape index (κ3) is 2.17. The van der Waals surface area contributed by atoms with Crippen LogP contribution in [0.2, 0.25) is 0 Å². The Hall–Kier alpha value is -1.53. The fourth-order valence-corrected chi connectivity index (χ4v) is 7.16. The van der Waals surface area contributed by atoms with Gasteiger partial charge in [-0.15, -0.1) is 0 Å². The van der Waals surface area contributed by atoms with Gasteiger partial charge in [0.15, 0.2) is 11.4 Å². The van der Waals surface area contributed by atoms with Crippen LogP contribution in [-0.2, 0) is 19.1 Å². The molecule has 0 heterocycles. The Kier molecular flexibility index (Phi) is 4.00. The molecule has 0 aromatic heterocycles. The van der Waals surface area contributed by atoms with Crippen LogP contribution in [0.4, 0.5) is 0 Å². The molecule has 2 N–H and O–H groups in total. The minimum Gasteiger partial charge on any atom is -0.467 e. The maximum Gasteiger partial charge on any atom is 0.338 e. The summed E-state index contributed by atoms with van der Waals surface area (Å²) in [5.41, 5.74) is -3.15. The summed E-state index contributed by atoms with van der Waals surface area (Å²) in [6.07, 6.45) is 4.56. The Bertz CT molecular complexity index is 743. The van der Waals surface area contributed by atoms with E-state index in [4.69, 9.17) is 4.74 Å². The molecule has 3 saturated carbocycles. The van der Waals surface area contributed by atoms with Crippen molar-refractivity contribution in [1.82, 2.24) is 0 Å². The fourth-order valence-electron chi connectivity index (χ4n) is 7.16. The van der Waals surface area contributed by atoms with Gasteiger partial charge in [0.25, 0.3) is 0 Å². The second-order valence-electron chi connectivity index (χ2n) is 9.42. The topological polar surface area (TPSA) is 101 Å². The first-order valence-electron chi connectivity index (χ1n) is 9.85. The van der Waals surface area contributed by atoms with Crippen LogP contribution in [0.3, 0.4) is 0 Å². The predicted octanol–water partition coefficient (Wildman–Crippen LogP) is 1.43. The molecule has 6 heteroatoms. The number of methoxy groups -OCH3 is 1. The summed E-state index contributed by atoms with van der Waals surface area (Å²) in [5, 5.41) is 22.4. The lowest BCUT2D eigenvalue weighted by molar-refractivity contribution is -0.194. The summed E-state index contributed by atoms with van der Waals surface area (Å²) in [7, 11) is 1.27. The summed E-state index contributed by atoms with van der Waals surface area (Å²) >= 11 is 0. The largest absolute Gasteiger partial charge is 0.467 e. The molecule has 0 spiro atoms. The summed E-state index contributed by atoms with van der Waals surface area (Å²) < 4.78 is 4.89. The molecule has 3 fully saturated rings. The van der Waals surface area contributed by atoms with Crippen molar-refractivity contribution in [2.45, 2.75) is 57.7 Å². The molecule has 4 aliphatic carbocycles. The second-order valence-corrected chi connectivity index (χ2v) is 9.42. The van der Waals surface area contributed by atoms with Crippen molar-refractivity contribution >= 4 is 17.5 Å². The number of aliphatic hydroxyl groups excluding tert-OH is 1. The lowest BCUT2D eigenvalue weighted by Gasteiger charge is -2.55. The van der Waals surface area contributed by atoms with Gasteiger partial charge >= 0.3 is 5.97 Å². The van der Waals surface area contributed by atoms with Crippen molar-refractivity contribution in [3.63, 3.8) is 0 Å². The average molecular weight is 376 g/mol. The molecule has 27 heavy (non-hydrogen) atoms. The number of carbonyl (C=O) groups is 3. The molecule has 5 unspecified atom stereocenters. The van der Waals surface area contributed by atoms with Gasteiger partial charge in [-0.3, -0.25) is 9.59 Å². The standard InChI is InChI=1S/C21H28O6/c1-19-8-7-14(23)17(19)13(22)5-4-11-12-6-9-21(26,18(25)27-3)20(12,2)10-15(24)16(11)19/h7-8,11-12,15-17,24,26H,4-6,9-10H2,1-3H3/t11?,12-,15?,16-,17?,19?,20?,21-/m1/s1. The number of hydrogen-bond acceptors (Lipinski definition) is 6. The number of fused-ring (bicyclic) bond motifs is 5. The van der Waals surface area contributed by atoms with Gasteiger partial charge in [-0.1, -0.05) is 19.9 Å². The zero-order valence-electron chi connectivity index (χ0n) is 16.1. The predicted molar refractivity (Wildman–Crippen MR) is 95.4 cm³/mol. The number of hydrogen-bond donors (Lipinski definition) is 2. The lowest BCUT2D eigenvalue weighted by atomic mass is 9.50. The molecular weight excluding hydrogens is 348 g/mol. The van der Waals surface area contributed by atoms with Crippen molar-refractivity contribution in [2.24, 2.45) is 34.5 Å². The fraction of sp³-hybridized carbons (Fsp3) is 0.762. The van der Waals surface area contributed by atoms with Crippen LogP contribution in [0.5, 0.6) is 0 Å². The third-order valence-electron chi connectivity index (χ3n) is 8.41. The SMILES string of the molecule is COC(=O)[C@]1(O)CC[C@@H]2C3CCC(=O)C4C(=O)C=CC4(C)[C@H]3C(O)CC21C. The summed E-state index contributed by atoms with van der Waals surface area (Å²) in [4.78, 5) is 37.5. The summed E-state index contributed by atoms with van der Waals surface area (Å²) in [6, 6.07) is 0. The molecular formula is C21H28O6. The van der Waals surface area contributed by atoms with Crippen molar-refractivity contribution in [3.05, 3.63) is 12.2 Å². The minimum atomic E-state index is -1.63. The van der Waals surface area contributed by atoms with Gasteiger partial charge in [0, 0.05) is 17.3 Å². The number of Topliss-reactive ketones (excluding diaryl/α,β-unsaturated/α-hetero) is 1. The molecule has 0 amide bonds. The highest BCUT2D eigenvalue weighted by atomic mass is 16.5. The highest BCUT2D eigenvalue weighted by Gasteiger charge is 2.69. The van der Waals surface area contributed by atoms with E-state index in [1.165, 1.54) is 13.2 Å².